The molecule has 26 nitrogen and oxygen atoms in total. The van der Waals surface area contributed by atoms with Crippen LogP contribution in [-0.2, 0) is 80.5 Å². The first kappa shape index (κ1) is 62.2. The molecule has 9 N–H and O–H groups in total. The molecule has 0 radical (unpaired) electrons. The maximum absolute atomic E-state index is 13.8. The van der Waals surface area contributed by atoms with E-state index in [1.165, 1.54) is 13.8 Å². The Morgan fingerprint density at radius 1 is 0.600 bits per heavy atom. The van der Waals surface area contributed by atoms with Gasteiger partial charge in [-0.05, 0) is 25.7 Å². The molecule has 4 unspecified atom stereocenters. The molecular weight excluding hydrogens is 957 g/mol. The van der Waals surface area contributed by atoms with E-state index in [-0.39, 0.29) is 64.0 Å². The van der Waals surface area contributed by atoms with Crippen LogP contribution in [0.3, 0.4) is 0 Å². The predicted octanol–water partition coefficient (Wildman–Crippen LogP) is -0.814. The molecular formula is C43H74N3O23P. The van der Waals surface area contributed by atoms with Crippen molar-refractivity contribution in [1.82, 2.24) is 16.0 Å². The maximum Gasteiger partial charge on any atom is 0.470 e. The fraction of sp³-hybridized carbons (Fsp3) is 0.837. The topological polar surface area (TPSA) is 377 Å². The van der Waals surface area contributed by atoms with Crippen LogP contribution in [0.25, 0.3) is 0 Å². The van der Waals surface area contributed by atoms with E-state index in [2.05, 4.69) is 16.0 Å². The lowest BCUT2D eigenvalue weighted by molar-refractivity contribution is -0.304. The third-order valence-corrected chi connectivity index (χ3v) is 11.6. The highest BCUT2D eigenvalue weighted by molar-refractivity contribution is 7.46. The van der Waals surface area contributed by atoms with Gasteiger partial charge >= 0.3 is 31.7 Å². The van der Waals surface area contributed by atoms with Gasteiger partial charge in [0.05, 0.1) is 57.7 Å². The number of nitrogens with one attached hydrogen (secondary N) is 3. The van der Waals surface area contributed by atoms with Crippen LogP contribution in [0.2, 0.25) is 0 Å². The lowest BCUT2D eigenvalue weighted by Gasteiger charge is -2.47. The number of aliphatic hydroxyl groups excluding tert-OH is 4. The van der Waals surface area contributed by atoms with Gasteiger partial charge in [-0.2, -0.15) is 0 Å². The number of hydrogen-bond donors (Lipinski definition) is 9. The first-order valence-corrected chi connectivity index (χ1v) is 25.2. The van der Waals surface area contributed by atoms with Gasteiger partial charge in [-0.15, -0.1) is 0 Å². The molecule has 0 aliphatic carbocycles. The largest absolute Gasteiger partial charge is 0.470 e. The fourth-order valence-corrected chi connectivity index (χ4v) is 7.57. The lowest BCUT2D eigenvalue weighted by atomic mass is 9.95. The SMILES string of the molecule is CCC(=O)NCCO[C@H]1OC(CO[C@@H]2OC(CO)[C@@H](OP(=O)(O)O)[C@H](OC(=O)C[C@@H](CC)OC(=O)CC)C2NC(=O)C[C@@H](CC)OC(=O)CC)[C@@H](O)[C@H](OC(=O)C[C@H](O)CC)C1NC(=O)C[C@H](O)CC. The van der Waals surface area contributed by atoms with E-state index in [1.807, 2.05) is 0 Å². The molecule has 3 amide bonds. The second-order valence-electron chi connectivity index (χ2n) is 16.5. The summed E-state index contributed by atoms with van der Waals surface area (Å²) < 4.78 is 63.6. The summed E-state index contributed by atoms with van der Waals surface area (Å²) in [5.74, 6) is -5.43. The van der Waals surface area contributed by atoms with E-state index >= 15 is 0 Å². The van der Waals surface area contributed by atoms with Gasteiger partial charge in [0.25, 0.3) is 0 Å². The van der Waals surface area contributed by atoms with Crippen molar-refractivity contribution in [1.29, 1.82) is 0 Å². The molecule has 0 aromatic rings. The van der Waals surface area contributed by atoms with E-state index in [1.54, 1.807) is 34.6 Å². The second kappa shape index (κ2) is 31.5. The zero-order valence-electron chi connectivity index (χ0n) is 40.8. The third-order valence-electron chi connectivity index (χ3n) is 11.1. The zero-order chi connectivity index (χ0) is 52.7. The number of phosphoric ester groups is 1. The number of carbonyl (C=O) groups is 7. The van der Waals surface area contributed by atoms with Gasteiger partial charge < -0.3 is 84.1 Å². The van der Waals surface area contributed by atoms with Crippen molar-refractivity contribution < 1.29 is 111 Å². The van der Waals surface area contributed by atoms with Gasteiger partial charge in [0.1, 0.15) is 48.7 Å². The molecule has 2 aliphatic rings. The summed E-state index contributed by atoms with van der Waals surface area (Å²) in [5, 5.41) is 50.6. The summed E-state index contributed by atoms with van der Waals surface area (Å²) in [6.45, 7) is 8.90. The van der Waals surface area contributed by atoms with Crippen molar-refractivity contribution >= 4 is 49.4 Å². The monoisotopic (exact) mass is 1030 g/mol. The first-order chi connectivity index (χ1) is 33.1. The Bertz CT molecular complexity index is 1720. The Morgan fingerprint density at radius 3 is 1.63 bits per heavy atom. The Hall–Kier alpha value is -3.92. The van der Waals surface area contributed by atoms with Gasteiger partial charge in [-0.3, -0.25) is 38.1 Å². The van der Waals surface area contributed by atoms with Crippen molar-refractivity contribution in [2.45, 2.75) is 205 Å². The van der Waals surface area contributed by atoms with Crippen LogP contribution in [0.15, 0.2) is 0 Å². The first-order valence-electron chi connectivity index (χ1n) is 23.6. The van der Waals surface area contributed by atoms with Gasteiger partial charge in [-0.1, -0.05) is 48.5 Å². The molecule has 0 aromatic heterocycles. The number of rotatable bonds is 31. The summed E-state index contributed by atoms with van der Waals surface area (Å²) in [6, 6.07) is -3.32. The summed E-state index contributed by atoms with van der Waals surface area (Å²) >= 11 is 0. The Labute approximate surface area is 406 Å². The third kappa shape index (κ3) is 21.4. The van der Waals surface area contributed by atoms with E-state index in [0.717, 1.165) is 0 Å². The Balaban J connectivity index is 2.72. The predicted molar refractivity (Wildman–Crippen MR) is 238 cm³/mol. The molecule has 0 saturated carbocycles. The Kier molecular flexibility index (Phi) is 28.0. The molecule has 404 valence electrons. The zero-order valence-corrected chi connectivity index (χ0v) is 41.7. The molecule has 2 rings (SSSR count). The number of esters is 4. The summed E-state index contributed by atoms with van der Waals surface area (Å²) in [6.07, 6.45) is -20.3. The van der Waals surface area contributed by atoms with E-state index in [9.17, 15) is 68.3 Å². The number of ether oxygens (including phenoxy) is 8. The van der Waals surface area contributed by atoms with Crippen LogP contribution in [-0.4, -0.2) is 184 Å². The van der Waals surface area contributed by atoms with Crippen LogP contribution in [0.5, 0.6) is 0 Å². The molecule has 2 saturated heterocycles. The van der Waals surface area contributed by atoms with Crippen LogP contribution in [0.1, 0.15) is 119 Å². The number of phosphoric acid groups is 1. The molecule has 2 fully saturated rings. The molecule has 70 heavy (non-hydrogen) atoms. The molecule has 2 aliphatic heterocycles. The van der Waals surface area contributed by atoms with E-state index in [0.29, 0.717) is 0 Å². The molecule has 2 heterocycles. The normalized spacial score (nSPS) is 26.4. The Morgan fingerprint density at radius 2 is 1.10 bits per heavy atom. The van der Waals surface area contributed by atoms with Gasteiger partial charge in [0, 0.05) is 25.8 Å². The van der Waals surface area contributed by atoms with Crippen LogP contribution < -0.4 is 16.0 Å². The average Bonchev–Trinajstić information content (AvgIpc) is 3.31. The minimum atomic E-state index is -5.53. The van der Waals surface area contributed by atoms with Crippen LogP contribution >= 0.6 is 7.82 Å². The second-order valence-corrected chi connectivity index (χ2v) is 17.7. The standard InChI is InChI=1S/C43H74N3O23P/c1-8-23(48)17-30(51)45-36-40(67-34(55)18-24(49)9-2)38(57)28(66-42(36)61-16-15-44-29(50)12-5)22-62-43-37(46-31(52)19-25(10-3)63-32(53)13-6)41(39(27(21-47)65-43)69-70(58,59)60)68-35(56)20-26(11-4)64-33(54)14-7/h23-28,36-43,47-49,57H,8-22H2,1-7H3,(H,44,50)(H,45,51)(H,46,52)(H2,58,59,60)/t23-,24-,25-,26-,27?,28?,36?,37?,38-,39-,40-,41-,42+,43-/m1/s1. The summed E-state index contributed by atoms with van der Waals surface area (Å²) in [5.41, 5.74) is 0. The van der Waals surface area contributed by atoms with Crippen molar-refractivity contribution in [3.05, 3.63) is 0 Å². The number of carbonyl (C=O) groups excluding carboxylic acids is 7. The van der Waals surface area contributed by atoms with Gasteiger partial charge in [-0.25, -0.2) is 4.57 Å². The highest BCUT2D eigenvalue weighted by Gasteiger charge is 2.54. The maximum atomic E-state index is 13.8. The smallest absolute Gasteiger partial charge is 0.462 e. The quantitative estimate of drug-likeness (QED) is 0.0177. The van der Waals surface area contributed by atoms with Crippen LogP contribution in [0.4, 0.5) is 0 Å². The number of aliphatic hydroxyl groups is 4. The molecule has 27 heteroatoms. The average molecular weight is 1030 g/mol. The van der Waals surface area contributed by atoms with Gasteiger partial charge in [0.2, 0.25) is 17.7 Å². The molecule has 0 bridgehead atoms. The summed E-state index contributed by atoms with van der Waals surface area (Å²) in [7, 11) is -5.53. The summed E-state index contributed by atoms with van der Waals surface area (Å²) in [4.78, 5) is 110. The lowest BCUT2D eigenvalue weighted by Crippen LogP contribution is -2.68. The van der Waals surface area contributed by atoms with Crippen molar-refractivity contribution in [2.75, 3.05) is 26.4 Å². The van der Waals surface area contributed by atoms with E-state index in [4.69, 9.17) is 42.4 Å². The molecule has 0 spiro atoms. The molecule has 14 atom stereocenters. The minimum Gasteiger partial charge on any atom is -0.462 e. The van der Waals surface area contributed by atoms with Crippen molar-refractivity contribution in [3.63, 3.8) is 0 Å². The van der Waals surface area contributed by atoms with Crippen molar-refractivity contribution in [2.24, 2.45) is 0 Å². The molecule has 0 aromatic carbocycles. The van der Waals surface area contributed by atoms with Gasteiger partial charge in [0.15, 0.2) is 24.8 Å². The fourth-order valence-electron chi connectivity index (χ4n) is 7.00. The highest BCUT2D eigenvalue weighted by atomic mass is 31.2. The number of amides is 3. The minimum absolute atomic E-state index is 0.0228. The highest BCUT2D eigenvalue weighted by Crippen LogP contribution is 2.42. The number of hydrogen-bond acceptors (Lipinski definition) is 21. The van der Waals surface area contributed by atoms with Crippen molar-refractivity contribution in [3.8, 4) is 0 Å². The van der Waals surface area contributed by atoms with Crippen LogP contribution in [0, 0.1) is 0 Å². The van der Waals surface area contributed by atoms with E-state index < -0.39 is 168 Å².